The minimum atomic E-state index is -0.431. The van der Waals surface area contributed by atoms with Gasteiger partial charge in [0, 0.05) is 16.1 Å². The molecule has 0 heterocycles. The first-order chi connectivity index (χ1) is 7.58. The Morgan fingerprint density at radius 3 is 2.65 bits per heavy atom. The van der Waals surface area contributed by atoms with E-state index in [2.05, 4.69) is 20.7 Å². The van der Waals surface area contributed by atoms with Gasteiger partial charge in [0.15, 0.2) is 0 Å². The number of halogens is 2. The van der Waals surface area contributed by atoms with Crippen molar-refractivity contribution >= 4 is 34.3 Å². The summed E-state index contributed by atoms with van der Waals surface area (Å²) in [6.45, 7) is 0. The van der Waals surface area contributed by atoms with Crippen LogP contribution in [0.2, 0.25) is 0 Å². The van der Waals surface area contributed by atoms with E-state index >= 15 is 0 Å². The van der Waals surface area contributed by atoms with E-state index in [-0.39, 0.29) is 24.8 Å². The first-order valence-electron chi connectivity index (χ1n) is 4.74. The molecule has 17 heavy (non-hydrogen) atoms. The third kappa shape index (κ3) is 4.53. The number of esters is 1. The van der Waals surface area contributed by atoms with Gasteiger partial charge < -0.3 is 15.2 Å². The van der Waals surface area contributed by atoms with E-state index in [1.807, 2.05) is 12.1 Å². The van der Waals surface area contributed by atoms with Crippen LogP contribution in [0, 0.1) is 0 Å². The van der Waals surface area contributed by atoms with E-state index in [1.54, 1.807) is 13.2 Å². The summed E-state index contributed by atoms with van der Waals surface area (Å²) >= 11 is 3.35. The van der Waals surface area contributed by atoms with Crippen LogP contribution in [0.5, 0.6) is 5.75 Å². The zero-order valence-corrected chi connectivity index (χ0v) is 12.0. The Morgan fingerprint density at radius 1 is 1.47 bits per heavy atom. The van der Waals surface area contributed by atoms with Crippen LogP contribution in [0.3, 0.4) is 0 Å². The van der Waals surface area contributed by atoms with Gasteiger partial charge in [-0.3, -0.25) is 4.79 Å². The van der Waals surface area contributed by atoms with E-state index in [9.17, 15) is 4.79 Å². The van der Waals surface area contributed by atoms with Gasteiger partial charge in [0.25, 0.3) is 0 Å². The number of nitrogens with two attached hydrogens (primary N) is 1. The predicted octanol–water partition coefficient (Wildman–Crippen LogP) is 2.44. The van der Waals surface area contributed by atoms with Crippen LogP contribution in [0.4, 0.5) is 0 Å². The topological polar surface area (TPSA) is 61.5 Å². The van der Waals surface area contributed by atoms with Gasteiger partial charge in [-0.05, 0) is 18.2 Å². The standard InChI is InChI=1S/C11H14BrNO3.ClH/c1-15-10-4-3-7(12)5-8(10)9(13)6-11(14)16-2;/h3-5,9H,6,13H2,1-2H3;1H/t9-;/m1./s1. The number of hydrogen-bond acceptors (Lipinski definition) is 4. The van der Waals surface area contributed by atoms with Gasteiger partial charge in [0.2, 0.25) is 0 Å². The molecular weight excluding hydrogens is 309 g/mol. The zero-order valence-electron chi connectivity index (χ0n) is 9.60. The van der Waals surface area contributed by atoms with Gasteiger partial charge >= 0.3 is 5.97 Å². The molecule has 1 aromatic rings. The predicted molar refractivity (Wildman–Crippen MR) is 71.5 cm³/mol. The molecule has 4 nitrogen and oxygen atoms in total. The average Bonchev–Trinajstić information content (AvgIpc) is 2.28. The molecular formula is C11H15BrClNO3. The molecule has 0 aliphatic heterocycles. The van der Waals surface area contributed by atoms with Crippen molar-refractivity contribution in [2.45, 2.75) is 12.5 Å². The summed E-state index contributed by atoms with van der Waals surface area (Å²) in [6.07, 6.45) is 0.128. The summed E-state index contributed by atoms with van der Waals surface area (Å²) in [6, 6.07) is 5.07. The Hall–Kier alpha value is -0.780. The highest BCUT2D eigenvalue weighted by Gasteiger charge is 2.16. The zero-order chi connectivity index (χ0) is 12.1. The van der Waals surface area contributed by atoms with Gasteiger partial charge in [-0.2, -0.15) is 0 Å². The number of carbonyl (C=O) groups excluding carboxylic acids is 1. The molecule has 0 spiro atoms. The molecule has 1 atom stereocenters. The van der Waals surface area contributed by atoms with Crippen LogP contribution in [0.1, 0.15) is 18.0 Å². The summed E-state index contributed by atoms with van der Waals surface area (Å²) in [7, 11) is 2.91. The molecule has 2 N–H and O–H groups in total. The first kappa shape index (κ1) is 16.2. The van der Waals surface area contributed by atoms with Crippen LogP contribution in [-0.2, 0) is 9.53 Å². The van der Waals surface area contributed by atoms with Crippen molar-refractivity contribution in [1.82, 2.24) is 0 Å². The molecule has 0 aliphatic carbocycles. The largest absolute Gasteiger partial charge is 0.496 e. The third-order valence-corrected chi connectivity index (χ3v) is 2.70. The van der Waals surface area contributed by atoms with E-state index < -0.39 is 6.04 Å². The molecule has 0 bridgehead atoms. The highest BCUT2D eigenvalue weighted by atomic mass is 79.9. The fourth-order valence-corrected chi connectivity index (χ4v) is 1.75. The van der Waals surface area contributed by atoms with Crippen molar-refractivity contribution in [3.63, 3.8) is 0 Å². The minimum absolute atomic E-state index is 0. The second kappa shape index (κ2) is 7.53. The Bertz CT molecular complexity index is 387. The fraction of sp³-hybridized carbons (Fsp3) is 0.364. The molecule has 0 saturated heterocycles. The Labute approximate surface area is 115 Å². The molecule has 1 aromatic carbocycles. The number of carbonyl (C=O) groups is 1. The van der Waals surface area contributed by atoms with Crippen LogP contribution in [-0.4, -0.2) is 20.2 Å². The van der Waals surface area contributed by atoms with Crippen molar-refractivity contribution in [2.24, 2.45) is 5.73 Å². The van der Waals surface area contributed by atoms with Crippen LogP contribution in [0.15, 0.2) is 22.7 Å². The fourth-order valence-electron chi connectivity index (χ4n) is 1.37. The molecule has 1 rings (SSSR count). The lowest BCUT2D eigenvalue weighted by Crippen LogP contribution is -2.17. The second-order valence-corrected chi connectivity index (χ2v) is 4.19. The molecule has 0 amide bonds. The average molecular weight is 325 g/mol. The summed E-state index contributed by atoms with van der Waals surface area (Å²) in [5, 5.41) is 0. The monoisotopic (exact) mass is 323 g/mol. The molecule has 0 unspecified atom stereocenters. The first-order valence-corrected chi connectivity index (χ1v) is 5.53. The summed E-state index contributed by atoms with van der Waals surface area (Å²) in [5.41, 5.74) is 6.69. The number of rotatable bonds is 4. The van der Waals surface area contributed by atoms with E-state index in [0.29, 0.717) is 5.75 Å². The van der Waals surface area contributed by atoms with Gasteiger partial charge in [-0.15, -0.1) is 12.4 Å². The van der Waals surface area contributed by atoms with Gasteiger partial charge in [-0.25, -0.2) is 0 Å². The molecule has 0 aliphatic rings. The number of hydrogen-bond donors (Lipinski definition) is 1. The maximum absolute atomic E-state index is 11.1. The molecule has 0 fully saturated rings. The Morgan fingerprint density at radius 2 is 2.12 bits per heavy atom. The number of ether oxygens (including phenoxy) is 2. The normalized spacial score (nSPS) is 11.3. The molecule has 96 valence electrons. The number of benzene rings is 1. The highest BCUT2D eigenvalue weighted by molar-refractivity contribution is 9.10. The molecule has 0 radical (unpaired) electrons. The van der Waals surface area contributed by atoms with Crippen LogP contribution in [0.25, 0.3) is 0 Å². The Kier molecular flexibility index (Phi) is 7.18. The van der Waals surface area contributed by atoms with E-state index in [1.165, 1.54) is 7.11 Å². The lowest BCUT2D eigenvalue weighted by atomic mass is 10.0. The lowest BCUT2D eigenvalue weighted by Gasteiger charge is -2.15. The maximum atomic E-state index is 11.1. The van der Waals surface area contributed by atoms with E-state index in [4.69, 9.17) is 10.5 Å². The van der Waals surface area contributed by atoms with Crippen molar-refractivity contribution in [3.8, 4) is 5.75 Å². The van der Waals surface area contributed by atoms with Crippen molar-refractivity contribution in [2.75, 3.05) is 14.2 Å². The van der Waals surface area contributed by atoms with Crippen LogP contribution >= 0.6 is 28.3 Å². The highest BCUT2D eigenvalue weighted by Crippen LogP contribution is 2.28. The van der Waals surface area contributed by atoms with Crippen molar-refractivity contribution in [1.29, 1.82) is 0 Å². The van der Waals surface area contributed by atoms with Crippen LogP contribution < -0.4 is 10.5 Å². The van der Waals surface area contributed by atoms with Gasteiger partial charge in [0.1, 0.15) is 5.75 Å². The second-order valence-electron chi connectivity index (χ2n) is 3.27. The minimum Gasteiger partial charge on any atom is -0.496 e. The number of methoxy groups -OCH3 is 2. The van der Waals surface area contributed by atoms with Gasteiger partial charge in [-0.1, -0.05) is 15.9 Å². The quantitative estimate of drug-likeness (QED) is 0.864. The molecule has 0 saturated carbocycles. The molecule has 6 heteroatoms. The summed E-state index contributed by atoms with van der Waals surface area (Å²) in [5.74, 6) is 0.328. The maximum Gasteiger partial charge on any atom is 0.307 e. The van der Waals surface area contributed by atoms with E-state index in [0.717, 1.165) is 10.0 Å². The molecule has 0 aromatic heterocycles. The van der Waals surface area contributed by atoms with Crippen molar-refractivity contribution < 1.29 is 14.3 Å². The van der Waals surface area contributed by atoms with Crippen molar-refractivity contribution in [3.05, 3.63) is 28.2 Å². The third-order valence-electron chi connectivity index (χ3n) is 2.21. The Balaban J connectivity index is 0.00000256. The SMILES string of the molecule is COC(=O)C[C@@H](N)c1cc(Br)ccc1OC.Cl. The smallest absolute Gasteiger partial charge is 0.307 e. The summed E-state index contributed by atoms with van der Waals surface area (Å²) < 4.78 is 10.7. The van der Waals surface area contributed by atoms with Gasteiger partial charge in [0.05, 0.1) is 20.6 Å². The summed E-state index contributed by atoms with van der Waals surface area (Å²) in [4.78, 5) is 11.1. The lowest BCUT2D eigenvalue weighted by molar-refractivity contribution is -0.141.